The molecule has 1 heterocycles. The minimum atomic E-state index is -0.266. The number of hydrogen-bond acceptors (Lipinski definition) is 3. The molecule has 0 aliphatic carbocycles. The first-order valence-corrected chi connectivity index (χ1v) is 7.40. The summed E-state index contributed by atoms with van der Waals surface area (Å²) in [5.74, 6) is -0.266. The Labute approximate surface area is 138 Å². The lowest BCUT2D eigenvalue weighted by Gasteiger charge is -2.10. The highest BCUT2D eigenvalue weighted by atomic mass is 35.5. The molecular weight excluding hydrogens is 310 g/mol. The van der Waals surface area contributed by atoms with Crippen molar-refractivity contribution in [2.45, 2.75) is 0 Å². The van der Waals surface area contributed by atoms with Crippen LogP contribution in [0.4, 0.5) is 11.4 Å². The van der Waals surface area contributed by atoms with E-state index in [1.807, 2.05) is 18.2 Å². The minimum absolute atomic E-state index is 0.266. The summed E-state index contributed by atoms with van der Waals surface area (Å²) in [5.41, 5.74) is 8.82. The molecule has 0 radical (unpaired) electrons. The van der Waals surface area contributed by atoms with E-state index in [9.17, 15) is 4.79 Å². The van der Waals surface area contributed by atoms with E-state index >= 15 is 0 Å². The lowest BCUT2D eigenvalue weighted by atomic mass is 10.1. The van der Waals surface area contributed by atoms with E-state index in [4.69, 9.17) is 17.3 Å². The quantitative estimate of drug-likeness (QED) is 0.708. The smallest absolute Gasteiger partial charge is 0.257 e. The summed E-state index contributed by atoms with van der Waals surface area (Å²) in [6.07, 6.45) is 1.70. The monoisotopic (exact) mass is 323 g/mol. The largest absolute Gasteiger partial charge is 0.398 e. The molecule has 0 spiro atoms. The molecule has 4 nitrogen and oxygen atoms in total. The first-order valence-electron chi connectivity index (χ1n) is 7.02. The van der Waals surface area contributed by atoms with Gasteiger partial charge >= 0.3 is 0 Å². The van der Waals surface area contributed by atoms with Crippen molar-refractivity contribution in [3.63, 3.8) is 0 Å². The van der Waals surface area contributed by atoms with Gasteiger partial charge in [0.15, 0.2) is 0 Å². The minimum Gasteiger partial charge on any atom is -0.398 e. The van der Waals surface area contributed by atoms with Gasteiger partial charge in [-0.2, -0.15) is 0 Å². The molecule has 3 N–H and O–H groups in total. The summed E-state index contributed by atoms with van der Waals surface area (Å²) >= 11 is 6.24. The van der Waals surface area contributed by atoms with Crippen molar-refractivity contribution in [2.24, 2.45) is 0 Å². The van der Waals surface area contributed by atoms with Gasteiger partial charge < -0.3 is 11.1 Å². The second-order valence-electron chi connectivity index (χ2n) is 4.95. The number of para-hydroxylation sites is 1. The van der Waals surface area contributed by atoms with Crippen molar-refractivity contribution in [1.82, 2.24) is 4.98 Å². The number of benzene rings is 2. The normalized spacial score (nSPS) is 10.3. The van der Waals surface area contributed by atoms with E-state index in [1.165, 1.54) is 0 Å². The summed E-state index contributed by atoms with van der Waals surface area (Å²) in [6.45, 7) is 0. The van der Waals surface area contributed by atoms with E-state index in [0.29, 0.717) is 22.0 Å². The Morgan fingerprint density at radius 1 is 1.04 bits per heavy atom. The second-order valence-corrected chi connectivity index (χ2v) is 5.36. The van der Waals surface area contributed by atoms with Crippen molar-refractivity contribution < 1.29 is 4.79 Å². The van der Waals surface area contributed by atoms with Gasteiger partial charge in [0.25, 0.3) is 5.91 Å². The van der Waals surface area contributed by atoms with Crippen molar-refractivity contribution in [3.05, 3.63) is 77.4 Å². The van der Waals surface area contributed by atoms with Crippen LogP contribution in [0.2, 0.25) is 5.02 Å². The Kier molecular flexibility index (Phi) is 4.26. The predicted octanol–water partition coefficient (Wildman–Crippen LogP) is 4.24. The number of nitrogens with one attached hydrogen (secondary N) is 1. The van der Waals surface area contributed by atoms with Gasteiger partial charge in [-0.05, 0) is 42.5 Å². The van der Waals surface area contributed by atoms with Crippen LogP contribution in [0.25, 0.3) is 11.3 Å². The zero-order valence-corrected chi connectivity index (χ0v) is 12.9. The molecule has 0 saturated carbocycles. The number of carbonyl (C=O) groups is 1. The van der Waals surface area contributed by atoms with E-state index in [1.54, 1.807) is 48.7 Å². The number of nitrogens with two attached hydrogens (primary N) is 1. The lowest BCUT2D eigenvalue weighted by molar-refractivity contribution is 0.102. The van der Waals surface area contributed by atoms with Gasteiger partial charge in [-0.1, -0.05) is 29.8 Å². The zero-order valence-electron chi connectivity index (χ0n) is 12.2. The van der Waals surface area contributed by atoms with E-state index in [2.05, 4.69) is 10.3 Å². The van der Waals surface area contributed by atoms with Crippen molar-refractivity contribution in [3.8, 4) is 11.3 Å². The first kappa shape index (κ1) is 15.1. The SMILES string of the molecule is Nc1ccccc1C(=O)Nc1ccc(Cl)c(-c2ccccn2)c1. The third-order valence-corrected chi connectivity index (χ3v) is 3.70. The standard InChI is InChI=1S/C18H14ClN3O/c19-15-9-8-12(11-14(15)17-7-3-4-10-21-17)22-18(23)13-5-1-2-6-16(13)20/h1-11H,20H2,(H,22,23). The molecule has 0 bridgehead atoms. The van der Waals surface area contributed by atoms with Crippen LogP contribution in [0.15, 0.2) is 66.9 Å². The summed E-state index contributed by atoms with van der Waals surface area (Å²) in [7, 11) is 0. The molecule has 2 aromatic carbocycles. The second kappa shape index (κ2) is 6.50. The fourth-order valence-corrected chi connectivity index (χ4v) is 2.44. The van der Waals surface area contributed by atoms with E-state index < -0.39 is 0 Å². The zero-order chi connectivity index (χ0) is 16.2. The molecule has 1 aromatic heterocycles. The Bertz CT molecular complexity index is 850. The Morgan fingerprint density at radius 2 is 1.83 bits per heavy atom. The number of halogens is 1. The number of anilines is 2. The van der Waals surface area contributed by atoms with Gasteiger partial charge in [-0.15, -0.1) is 0 Å². The van der Waals surface area contributed by atoms with Gasteiger partial charge in [-0.25, -0.2) is 0 Å². The molecule has 0 aliphatic rings. The highest BCUT2D eigenvalue weighted by molar-refractivity contribution is 6.33. The van der Waals surface area contributed by atoms with Crippen molar-refractivity contribution in [2.75, 3.05) is 11.1 Å². The average molecular weight is 324 g/mol. The van der Waals surface area contributed by atoms with Crippen LogP contribution < -0.4 is 11.1 Å². The lowest BCUT2D eigenvalue weighted by Crippen LogP contribution is -2.13. The summed E-state index contributed by atoms with van der Waals surface area (Å²) in [5, 5.41) is 3.40. The molecule has 23 heavy (non-hydrogen) atoms. The number of aromatic nitrogens is 1. The highest BCUT2D eigenvalue weighted by Gasteiger charge is 2.11. The molecule has 1 amide bonds. The third kappa shape index (κ3) is 3.33. The maximum Gasteiger partial charge on any atom is 0.257 e. The molecule has 3 rings (SSSR count). The molecule has 0 aliphatic heterocycles. The van der Waals surface area contributed by atoms with Gasteiger partial charge in [0.1, 0.15) is 0 Å². The van der Waals surface area contributed by atoms with Crippen LogP contribution in [0.1, 0.15) is 10.4 Å². The van der Waals surface area contributed by atoms with Crippen molar-refractivity contribution >= 4 is 28.9 Å². The Balaban J connectivity index is 1.90. The first-order chi connectivity index (χ1) is 11.1. The maximum atomic E-state index is 12.3. The Hall–Kier alpha value is -2.85. The van der Waals surface area contributed by atoms with E-state index in [0.717, 1.165) is 11.3 Å². The van der Waals surface area contributed by atoms with Crippen LogP contribution in [-0.4, -0.2) is 10.9 Å². The van der Waals surface area contributed by atoms with Gasteiger partial charge in [0.2, 0.25) is 0 Å². The average Bonchev–Trinajstić information content (AvgIpc) is 2.57. The van der Waals surface area contributed by atoms with Crippen LogP contribution in [0.3, 0.4) is 0 Å². The van der Waals surface area contributed by atoms with Crippen LogP contribution in [-0.2, 0) is 0 Å². The van der Waals surface area contributed by atoms with Crippen LogP contribution in [0.5, 0.6) is 0 Å². The number of nitrogens with zero attached hydrogens (tertiary/aromatic N) is 1. The summed E-state index contributed by atoms with van der Waals surface area (Å²) in [6, 6.07) is 17.8. The van der Waals surface area contributed by atoms with Gasteiger partial charge in [0, 0.05) is 23.1 Å². The van der Waals surface area contributed by atoms with Gasteiger partial charge in [0.05, 0.1) is 16.3 Å². The maximum absolute atomic E-state index is 12.3. The third-order valence-electron chi connectivity index (χ3n) is 3.37. The molecular formula is C18H14ClN3O. The van der Waals surface area contributed by atoms with Gasteiger partial charge in [-0.3, -0.25) is 9.78 Å². The highest BCUT2D eigenvalue weighted by Crippen LogP contribution is 2.29. The fourth-order valence-electron chi connectivity index (χ4n) is 2.22. The van der Waals surface area contributed by atoms with Crippen LogP contribution >= 0.6 is 11.6 Å². The molecule has 0 atom stereocenters. The molecule has 0 unspecified atom stereocenters. The number of carbonyl (C=O) groups excluding carboxylic acids is 1. The van der Waals surface area contributed by atoms with Crippen LogP contribution in [0, 0.1) is 0 Å². The summed E-state index contributed by atoms with van der Waals surface area (Å²) < 4.78 is 0. The molecule has 114 valence electrons. The van der Waals surface area contributed by atoms with E-state index in [-0.39, 0.29) is 5.91 Å². The number of nitrogen functional groups attached to an aromatic ring is 1. The summed E-state index contributed by atoms with van der Waals surface area (Å²) in [4.78, 5) is 16.6. The fraction of sp³-hybridized carbons (Fsp3) is 0. The topological polar surface area (TPSA) is 68.0 Å². The molecule has 0 saturated heterocycles. The molecule has 0 fully saturated rings. The van der Waals surface area contributed by atoms with Crippen molar-refractivity contribution in [1.29, 1.82) is 0 Å². The molecule has 5 heteroatoms. The number of amides is 1. The number of pyridine rings is 1. The molecule has 3 aromatic rings. The Morgan fingerprint density at radius 3 is 2.57 bits per heavy atom. The number of hydrogen-bond donors (Lipinski definition) is 2. The number of rotatable bonds is 3. The predicted molar refractivity (Wildman–Crippen MR) is 93.5 cm³/mol.